The average molecular weight is 611 g/mol. The SMILES string of the molecule is C[C@H](O/N=C(\C(=O)N[C@@H]1C(=O)N2C(C(=O)[O-])=C(CSc3cc[n+](CCF)cc3)CS[C@H]12)c1csc(N)n1)C(=O)O. The van der Waals surface area contributed by atoms with Gasteiger partial charge in [-0.1, -0.05) is 5.16 Å². The number of hydrogen-bond acceptors (Lipinski definition) is 12. The normalized spacial score (nSPS) is 19.5. The molecule has 2 aromatic rings. The molecule has 2 aliphatic heterocycles. The molecule has 1 fully saturated rings. The zero-order valence-electron chi connectivity index (χ0n) is 20.8. The number of thiazole rings is 1. The second-order valence-electron chi connectivity index (χ2n) is 8.45. The highest BCUT2D eigenvalue weighted by atomic mass is 32.2. The maximum atomic E-state index is 13.1. The van der Waals surface area contributed by atoms with Crippen molar-refractivity contribution in [3.8, 4) is 0 Å². The van der Waals surface area contributed by atoms with Crippen molar-refractivity contribution in [3.63, 3.8) is 0 Å². The van der Waals surface area contributed by atoms with Gasteiger partial charge in [0.25, 0.3) is 11.8 Å². The van der Waals surface area contributed by atoms with Gasteiger partial charge in [-0.15, -0.1) is 34.9 Å². The van der Waals surface area contributed by atoms with Crippen LogP contribution in [0.2, 0.25) is 0 Å². The summed E-state index contributed by atoms with van der Waals surface area (Å²) in [4.78, 5) is 60.0. The van der Waals surface area contributed by atoms with Crippen LogP contribution in [0.4, 0.5) is 9.52 Å². The molecule has 0 spiro atoms. The fourth-order valence-electron chi connectivity index (χ4n) is 3.73. The molecule has 13 nitrogen and oxygen atoms in total. The first-order chi connectivity index (χ1) is 19.1. The Balaban J connectivity index is 1.47. The summed E-state index contributed by atoms with van der Waals surface area (Å²) in [7, 11) is 0. The Morgan fingerprint density at radius 1 is 1.43 bits per heavy atom. The Bertz CT molecular complexity index is 1380. The second-order valence-corrected chi connectivity index (χ2v) is 11.5. The lowest BCUT2D eigenvalue weighted by Gasteiger charge is -2.50. The number of amides is 2. The van der Waals surface area contributed by atoms with Gasteiger partial charge in [0.1, 0.15) is 23.8 Å². The van der Waals surface area contributed by atoms with Crippen LogP contribution in [0.3, 0.4) is 0 Å². The van der Waals surface area contributed by atoms with Gasteiger partial charge in [-0.05, 0) is 12.5 Å². The van der Waals surface area contributed by atoms with E-state index in [1.807, 2.05) is 0 Å². The van der Waals surface area contributed by atoms with Crippen LogP contribution >= 0.6 is 34.9 Å². The number of nitrogens with two attached hydrogens (primary N) is 1. The Labute approximate surface area is 239 Å². The number of nitrogens with one attached hydrogen (secondary N) is 1. The van der Waals surface area contributed by atoms with Crippen molar-refractivity contribution in [1.82, 2.24) is 15.2 Å². The summed E-state index contributed by atoms with van der Waals surface area (Å²) in [5.41, 5.74) is 5.52. The first-order valence-corrected chi connectivity index (χ1v) is 14.6. The molecule has 4 N–H and O–H groups in total. The van der Waals surface area contributed by atoms with E-state index >= 15 is 0 Å². The van der Waals surface area contributed by atoms with E-state index in [0.29, 0.717) is 5.57 Å². The van der Waals surface area contributed by atoms with Crippen molar-refractivity contribution in [2.75, 3.05) is 23.9 Å². The number of carboxylic acid groups (broad SMARTS) is 2. The van der Waals surface area contributed by atoms with E-state index in [2.05, 4.69) is 15.5 Å². The predicted molar refractivity (Wildman–Crippen MR) is 142 cm³/mol. The number of halogens is 1. The monoisotopic (exact) mass is 610 g/mol. The molecule has 1 saturated heterocycles. The number of aryl methyl sites for hydroxylation is 1. The number of aliphatic carboxylic acids is 2. The smallest absolute Gasteiger partial charge is 0.347 e. The molecule has 2 aromatic heterocycles. The lowest BCUT2D eigenvalue weighted by Crippen LogP contribution is -2.71. The molecule has 2 amide bonds. The van der Waals surface area contributed by atoms with Gasteiger partial charge in [0.15, 0.2) is 29.8 Å². The molecule has 40 heavy (non-hydrogen) atoms. The second kappa shape index (κ2) is 12.6. The third kappa shape index (κ3) is 6.37. The Hall–Kier alpha value is -3.70. The van der Waals surface area contributed by atoms with Crippen LogP contribution in [0.1, 0.15) is 12.6 Å². The number of carbonyl (C=O) groups is 4. The average Bonchev–Trinajstić information content (AvgIpc) is 3.36. The van der Waals surface area contributed by atoms with Gasteiger partial charge in [0, 0.05) is 33.9 Å². The quantitative estimate of drug-likeness (QED) is 0.0912. The molecule has 0 radical (unpaired) electrons. The minimum atomic E-state index is -1.51. The van der Waals surface area contributed by atoms with E-state index in [1.165, 1.54) is 35.8 Å². The number of β-lactam (4-membered cyclic amide) rings is 1. The molecule has 0 aliphatic carbocycles. The summed E-state index contributed by atoms with van der Waals surface area (Å²) in [5, 5.41) is 28.1. The maximum absolute atomic E-state index is 13.1. The third-order valence-electron chi connectivity index (χ3n) is 5.77. The van der Waals surface area contributed by atoms with Gasteiger partial charge in [0.2, 0.25) is 6.10 Å². The van der Waals surface area contributed by atoms with E-state index in [9.17, 15) is 28.7 Å². The van der Waals surface area contributed by atoms with Gasteiger partial charge in [-0.25, -0.2) is 18.7 Å². The molecule has 3 atom stereocenters. The van der Waals surface area contributed by atoms with Gasteiger partial charge < -0.3 is 30.9 Å². The number of thioether (sulfide) groups is 2. The number of aromatic nitrogens is 2. The lowest BCUT2D eigenvalue weighted by molar-refractivity contribution is -0.697. The van der Waals surface area contributed by atoms with Crippen molar-refractivity contribution in [1.29, 1.82) is 0 Å². The fraction of sp³-hybridized carbons (Fsp3) is 0.348. The number of oxime groups is 1. The first-order valence-electron chi connectivity index (χ1n) is 11.7. The van der Waals surface area contributed by atoms with Gasteiger partial charge >= 0.3 is 5.97 Å². The summed E-state index contributed by atoms with van der Waals surface area (Å²) in [5.74, 6) is -3.81. The van der Waals surface area contributed by atoms with E-state index in [-0.39, 0.29) is 34.6 Å². The number of hydrogen-bond donors (Lipinski definition) is 3. The molecule has 4 heterocycles. The first kappa shape index (κ1) is 29.3. The number of rotatable bonds is 12. The molecule has 2 aliphatic rings. The molecule has 0 saturated carbocycles. The molecule has 0 bridgehead atoms. The highest BCUT2D eigenvalue weighted by molar-refractivity contribution is 8.01. The Morgan fingerprint density at radius 2 is 2.15 bits per heavy atom. The van der Waals surface area contributed by atoms with Crippen LogP contribution in [0, 0.1) is 0 Å². The number of carboxylic acids is 2. The Kier molecular flexibility index (Phi) is 9.26. The number of alkyl halides is 1. The highest BCUT2D eigenvalue weighted by Crippen LogP contribution is 2.41. The molecule has 0 unspecified atom stereocenters. The summed E-state index contributed by atoms with van der Waals surface area (Å²) < 4.78 is 14.2. The largest absolute Gasteiger partial charge is 0.543 e. The van der Waals surface area contributed by atoms with E-state index < -0.39 is 53.7 Å². The predicted octanol–water partition coefficient (Wildman–Crippen LogP) is -0.628. The Morgan fingerprint density at radius 3 is 2.75 bits per heavy atom. The van der Waals surface area contributed by atoms with Crippen LogP contribution < -0.4 is 20.7 Å². The maximum Gasteiger partial charge on any atom is 0.347 e. The van der Waals surface area contributed by atoms with E-state index in [1.54, 1.807) is 29.1 Å². The zero-order valence-corrected chi connectivity index (χ0v) is 23.3. The van der Waals surface area contributed by atoms with E-state index in [4.69, 9.17) is 15.7 Å². The standard InChI is InChI=1S/C23H23FN6O7S3/c1-11(21(33)34)37-28-15(14-10-40-23(25)26-14)18(31)27-16-19(32)30-17(22(35)36)12(9-39-20(16)30)8-38-13-2-5-29(6-3-13)7-4-24/h2-3,5-6,10-11,16,20H,4,7-9H2,1H3,(H4-,25,26,27,31,33,34,35,36)/b28-15-/t11-,16+,20+/m0/s1. The van der Waals surface area contributed by atoms with Crippen molar-refractivity contribution in [2.24, 2.45) is 5.16 Å². The fourth-order valence-corrected chi connectivity index (χ4v) is 6.64. The molecule has 0 aromatic carbocycles. The molecular formula is C23H23FN6O7S3. The van der Waals surface area contributed by atoms with Crippen molar-refractivity contribution < 1.29 is 43.2 Å². The molecular weight excluding hydrogens is 587 g/mol. The lowest BCUT2D eigenvalue weighted by atomic mass is 10.0. The van der Waals surface area contributed by atoms with Crippen LogP contribution in [0.5, 0.6) is 0 Å². The summed E-state index contributed by atoms with van der Waals surface area (Å²) in [6.07, 6.45) is 2.07. The third-order valence-corrected chi connectivity index (χ3v) is 8.88. The van der Waals surface area contributed by atoms with Gasteiger partial charge in [0.05, 0.1) is 11.7 Å². The number of anilines is 1. The topological polar surface area (TPSA) is 191 Å². The number of fused-ring (bicyclic) bond motifs is 1. The number of nitrogen functional groups attached to an aromatic ring is 1. The number of pyridine rings is 1. The van der Waals surface area contributed by atoms with Crippen LogP contribution in [-0.2, 0) is 30.6 Å². The van der Waals surface area contributed by atoms with Crippen LogP contribution in [0.25, 0.3) is 0 Å². The van der Waals surface area contributed by atoms with Gasteiger partial charge in [-0.3, -0.25) is 14.5 Å². The van der Waals surface area contributed by atoms with Crippen LogP contribution in [0.15, 0.2) is 51.2 Å². The minimum absolute atomic E-state index is 0.0169. The minimum Gasteiger partial charge on any atom is -0.543 e. The molecule has 4 rings (SSSR count). The van der Waals surface area contributed by atoms with Crippen molar-refractivity contribution >= 4 is 69.5 Å². The summed E-state index contributed by atoms with van der Waals surface area (Å²) in [6, 6.07) is 2.49. The number of carbonyl (C=O) groups excluding carboxylic acids is 3. The molecule has 17 heteroatoms. The van der Waals surface area contributed by atoms with Crippen molar-refractivity contribution in [2.45, 2.75) is 35.9 Å². The summed E-state index contributed by atoms with van der Waals surface area (Å²) in [6.45, 7) is 0.957. The molecule has 212 valence electrons. The summed E-state index contributed by atoms with van der Waals surface area (Å²) >= 11 is 3.65. The van der Waals surface area contributed by atoms with Crippen LogP contribution in [-0.4, -0.2) is 80.2 Å². The van der Waals surface area contributed by atoms with Crippen molar-refractivity contribution in [3.05, 3.63) is 46.9 Å². The van der Waals surface area contributed by atoms with Gasteiger partial charge in [-0.2, -0.15) is 0 Å². The highest BCUT2D eigenvalue weighted by Gasteiger charge is 2.53. The number of nitrogens with zero attached hydrogens (tertiary/aromatic N) is 4. The van der Waals surface area contributed by atoms with E-state index in [0.717, 1.165) is 21.1 Å². The zero-order chi connectivity index (χ0) is 29.0.